The van der Waals surface area contributed by atoms with E-state index >= 15 is 0 Å². The van der Waals surface area contributed by atoms with Crippen LogP contribution in [0.1, 0.15) is 76.4 Å². The first-order chi connectivity index (χ1) is 21.6. The number of para-hydroxylation sites is 1. The van der Waals surface area contributed by atoms with E-state index in [0.717, 1.165) is 61.2 Å². The van der Waals surface area contributed by atoms with Gasteiger partial charge in [-0.3, -0.25) is 14.6 Å². The zero-order valence-corrected chi connectivity index (χ0v) is 27.2. The number of amides is 1. The molecule has 11 heteroatoms. The van der Waals surface area contributed by atoms with Gasteiger partial charge in [-0.1, -0.05) is 39.0 Å². The summed E-state index contributed by atoms with van der Waals surface area (Å²) < 4.78 is 15.4. The van der Waals surface area contributed by atoms with Gasteiger partial charge in [-0.05, 0) is 63.5 Å². The average Bonchev–Trinajstić information content (AvgIpc) is 3.38. The molecule has 4 N–H and O–H groups in total. The van der Waals surface area contributed by atoms with E-state index in [1.165, 1.54) is 0 Å². The summed E-state index contributed by atoms with van der Waals surface area (Å²) in [6, 6.07) is 8.11. The smallest absolute Gasteiger partial charge is 0.457 e. The van der Waals surface area contributed by atoms with Crippen molar-refractivity contribution in [2.75, 3.05) is 31.3 Å². The lowest BCUT2D eigenvalue weighted by molar-refractivity contribution is -0.152. The lowest BCUT2D eigenvalue weighted by Gasteiger charge is -2.34. The Morgan fingerprint density at radius 2 is 1.96 bits per heavy atom. The first-order valence-corrected chi connectivity index (χ1v) is 16.4. The molecule has 45 heavy (non-hydrogen) atoms. The van der Waals surface area contributed by atoms with Crippen molar-refractivity contribution in [3.63, 3.8) is 0 Å². The zero-order valence-electron chi connectivity index (χ0n) is 27.2. The van der Waals surface area contributed by atoms with E-state index < -0.39 is 5.82 Å². The molecule has 1 aromatic carbocycles. The highest BCUT2D eigenvalue weighted by Gasteiger charge is 2.61. The van der Waals surface area contributed by atoms with Gasteiger partial charge < -0.3 is 28.9 Å². The van der Waals surface area contributed by atoms with Gasteiger partial charge in [0.05, 0.1) is 23.2 Å². The number of hydrogen-bond donors (Lipinski definition) is 2. The van der Waals surface area contributed by atoms with Crippen molar-refractivity contribution >= 4 is 17.6 Å². The Kier molecular flexibility index (Phi) is 10.2. The van der Waals surface area contributed by atoms with Gasteiger partial charge in [-0.2, -0.15) is 0 Å². The first kappa shape index (κ1) is 33.0. The normalized spacial score (nSPS) is 24.5. The Balaban J connectivity index is 1.38. The number of carbonyl (C=O) groups excluding carboxylic acids is 2. The number of piperidine rings is 1. The van der Waals surface area contributed by atoms with Crippen molar-refractivity contribution < 1.29 is 28.3 Å². The van der Waals surface area contributed by atoms with Gasteiger partial charge in [-0.25, -0.2) is 10.2 Å². The predicted octanol–water partition coefficient (Wildman–Crippen LogP) is 3.70. The molecule has 3 aliphatic rings. The van der Waals surface area contributed by atoms with Crippen LogP contribution in [0.5, 0.6) is 0 Å². The molecule has 1 saturated carbocycles. The molecule has 0 radical (unpaired) electrons. The molecule has 5 rings (SSSR count). The van der Waals surface area contributed by atoms with E-state index in [-0.39, 0.29) is 53.6 Å². The van der Waals surface area contributed by atoms with Crippen LogP contribution in [-0.2, 0) is 20.9 Å². The number of hydrazine groups is 1. The summed E-state index contributed by atoms with van der Waals surface area (Å²) in [5, 5.41) is 13.3. The van der Waals surface area contributed by atoms with Crippen molar-refractivity contribution in [1.29, 1.82) is 0 Å². The molecule has 0 bridgehead atoms. The first-order valence-electron chi connectivity index (χ1n) is 16.4. The number of anilines is 1. The van der Waals surface area contributed by atoms with E-state index in [2.05, 4.69) is 60.5 Å². The van der Waals surface area contributed by atoms with Crippen LogP contribution in [0.15, 0.2) is 49.2 Å². The monoisotopic (exact) mass is 625 g/mol. The highest BCUT2D eigenvalue weighted by molar-refractivity contribution is 5.97. The number of nitrogens with one attached hydrogen (secondary N) is 2. The zero-order chi connectivity index (χ0) is 32.3. The average molecular weight is 626 g/mol. The second-order valence-electron chi connectivity index (χ2n) is 13.3. The fraction of sp³-hybridized carbons (Fsp3) is 0.618. The topological polar surface area (TPSA) is 140 Å². The molecule has 3 unspecified atom stereocenters. The summed E-state index contributed by atoms with van der Waals surface area (Å²) in [7, 11) is 0. The van der Waals surface area contributed by atoms with Crippen molar-refractivity contribution in [1.82, 2.24) is 15.6 Å². The number of esters is 1. The minimum atomic E-state index is -0.813. The van der Waals surface area contributed by atoms with Crippen LogP contribution in [-0.4, -0.2) is 60.2 Å². The minimum absolute atomic E-state index is 0.0108. The molecule has 246 valence electrons. The molecule has 1 saturated heterocycles. The van der Waals surface area contributed by atoms with E-state index in [9.17, 15) is 14.4 Å². The Morgan fingerprint density at radius 3 is 2.62 bits per heavy atom. The summed E-state index contributed by atoms with van der Waals surface area (Å²) in [4.78, 5) is 41.4. The van der Waals surface area contributed by atoms with E-state index in [0.29, 0.717) is 31.9 Å². The molecule has 4 atom stereocenters. The van der Waals surface area contributed by atoms with Gasteiger partial charge in [0.1, 0.15) is 6.61 Å². The molecular formula is C34H49N4O7+. The number of aryl methyl sites for hydroxylation is 2. The van der Waals surface area contributed by atoms with Gasteiger partial charge in [0.2, 0.25) is 0 Å². The maximum atomic E-state index is 14.8. The Morgan fingerprint density at radius 1 is 1.18 bits per heavy atom. The number of rotatable bonds is 13. The highest BCUT2D eigenvalue weighted by atomic mass is 16.6. The number of allylic oxidation sites excluding steroid dienone is 1. The molecule has 3 heterocycles. The molecule has 1 amide bonds. The fourth-order valence-electron chi connectivity index (χ4n) is 7.01. The molecular weight excluding hydrogens is 576 g/mol. The van der Waals surface area contributed by atoms with Crippen molar-refractivity contribution in [3.8, 4) is 0 Å². The molecule has 2 aliphatic heterocycles. The van der Waals surface area contributed by atoms with Crippen LogP contribution in [0.4, 0.5) is 5.69 Å². The third kappa shape index (κ3) is 7.05. The van der Waals surface area contributed by atoms with E-state index in [1.54, 1.807) is 6.92 Å². The summed E-state index contributed by atoms with van der Waals surface area (Å²) in [6.45, 7) is 12.1. The van der Waals surface area contributed by atoms with Crippen molar-refractivity contribution in [2.45, 2.75) is 91.8 Å². The maximum Gasteiger partial charge on any atom is 0.519 e. The molecule has 1 spiro atoms. The standard InChI is InChI=1S/C34H48N4O7/c1-6-25-30(27(13-9-10-14-39)38(36-25)26-12-8-7-11-22(26)4)31(40)37(18-21(2)3)29-16-34(29)15-24(17-35-20-34)32(41)43-19-28-23(5)44-33(42)45-28/h7-8,11-12,21,24-25,29,35-36,39H,6,9-10,13-20H2,1-5H3/p+1/t24-,25?,29?,34?/m1/s1. The quantitative estimate of drug-likeness (QED) is 0.194. The third-order valence-corrected chi connectivity index (χ3v) is 9.43. The fourth-order valence-corrected chi connectivity index (χ4v) is 7.01. The number of carbonyl (C=O) groups is 2. The van der Waals surface area contributed by atoms with Gasteiger partial charge >= 0.3 is 11.8 Å². The summed E-state index contributed by atoms with van der Waals surface area (Å²) >= 11 is 0. The number of benzene rings is 1. The second-order valence-corrected chi connectivity index (χ2v) is 13.3. The molecule has 2 aromatic rings. The van der Waals surface area contributed by atoms with Gasteiger partial charge in [0, 0.05) is 43.2 Å². The Labute approximate surface area is 264 Å². The molecule has 1 aromatic heterocycles. The van der Waals surface area contributed by atoms with E-state index in [4.69, 9.17) is 18.7 Å². The Hall–Kier alpha value is -3.41. The Bertz CT molecular complexity index is 1460. The minimum Gasteiger partial charge on any atom is -0.457 e. The van der Waals surface area contributed by atoms with Gasteiger partial charge in [-0.15, -0.1) is 0 Å². The molecule has 1 aliphatic carbocycles. The lowest BCUT2D eigenvalue weighted by atomic mass is 9.86. The van der Waals surface area contributed by atoms with Crippen molar-refractivity contribution in [3.05, 3.63) is 63.2 Å². The molecule has 11 nitrogen and oxygen atoms in total. The third-order valence-electron chi connectivity index (χ3n) is 9.43. The van der Waals surface area contributed by atoms with Crippen molar-refractivity contribution in [2.24, 2.45) is 17.3 Å². The maximum absolute atomic E-state index is 14.8. The van der Waals surface area contributed by atoms with Crippen LogP contribution in [0, 0.1) is 31.1 Å². The van der Waals surface area contributed by atoms with Crippen LogP contribution >= 0.6 is 0 Å². The second kappa shape index (κ2) is 13.9. The van der Waals surface area contributed by atoms with Crippen LogP contribution in [0.25, 0.3) is 0 Å². The number of ether oxygens (including phenoxy) is 1. The highest BCUT2D eigenvalue weighted by Crippen LogP contribution is 2.55. The van der Waals surface area contributed by atoms with Crippen LogP contribution in [0.2, 0.25) is 0 Å². The lowest BCUT2D eigenvalue weighted by Crippen LogP contribution is -2.47. The van der Waals surface area contributed by atoms with Gasteiger partial charge in [0.15, 0.2) is 18.1 Å². The van der Waals surface area contributed by atoms with Gasteiger partial charge in [0.25, 0.3) is 5.91 Å². The largest absolute Gasteiger partial charge is 0.519 e. The van der Waals surface area contributed by atoms with Crippen LogP contribution in [0.3, 0.4) is 0 Å². The molecule has 2 fully saturated rings. The number of nitrogens with zero attached hydrogens (tertiary/aromatic N) is 2. The van der Waals surface area contributed by atoms with Crippen LogP contribution < -0.4 is 21.6 Å². The predicted molar refractivity (Wildman–Crippen MR) is 170 cm³/mol. The number of unbranched alkanes of at least 4 members (excludes halogenated alkanes) is 1. The summed E-state index contributed by atoms with van der Waals surface area (Å²) in [6.07, 6.45) is 4.55. The number of hydrogen-bond acceptors (Lipinski definition) is 9. The summed E-state index contributed by atoms with van der Waals surface area (Å²) in [5.74, 6) is -0.678. The SMILES string of the molecule is CCC1NN(c2ccccc2C)C(CCCC[OH2+])=C1C(=O)N(CC(C)C)C1CC12CNC[C@H](C(=O)OCc1oc(=O)oc1C)C2. The van der Waals surface area contributed by atoms with E-state index in [1.807, 2.05) is 12.1 Å². The summed E-state index contributed by atoms with van der Waals surface area (Å²) in [5.41, 5.74) is 7.44.